The lowest BCUT2D eigenvalue weighted by Crippen LogP contribution is -2.63. The van der Waals surface area contributed by atoms with Crippen molar-refractivity contribution in [3.8, 4) is 0 Å². The molecule has 0 spiro atoms. The first-order valence-electron chi connectivity index (χ1n) is 6.09. The normalized spacial score (nSPS) is 16.1. The number of amides is 2. The Bertz CT molecular complexity index is 479. The molecule has 0 aromatic rings. The molecule has 0 bridgehead atoms. The maximum atomic E-state index is 12.1. The van der Waals surface area contributed by atoms with E-state index in [1.54, 1.807) is 0 Å². The van der Waals surface area contributed by atoms with Crippen LogP contribution in [0.2, 0.25) is 0 Å². The summed E-state index contributed by atoms with van der Waals surface area (Å²) in [6, 6.07) is 0. The van der Waals surface area contributed by atoms with Crippen molar-refractivity contribution in [3.63, 3.8) is 0 Å². The van der Waals surface area contributed by atoms with Gasteiger partial charge in [0.25, 0.3) is 11.8 Å². The van der Waals surface area contributed by atoms with Crippen molar-refractivity contribution < 1.29 is 54.9 Å². The SMILES string of the molecule is O=C(O)CN(C(=O)C(O)CO)C(=O)C(O)(CO)C(=O)C(O)CO. The van der Waals surface area contributed by atoms with Crippen LogP contribution in [0.1, 0.15) is 0 Å². The highest BCUT2D eigenvalue weighted by Gasteiger charge is 2.50. The maximum Gasteiger partial charge on any atom is 0.323 e. The number of carboxylic acid groups (broad SMARTS) is 1. The molecule has 0 rings (SSSR count). The highest BCUT2D eigenvalue weighted by molar-refractivity contribution is 6.16. The zero-order valence-corrected chi connectivity index (χ0v) is 11.7. The number of Topliss-reactive ketones (excluding diaryl/α,β-unsaturated/α-hetero) is 1. The van der Waals surface area contributed by atoms with Crippen LogP contribution >= 0.6 is 0 Å². The Morgan fingerprint density at radius 3 is 1.78 bits per heavy atom. The average molecular weight is 339 g/mol. The van der Waals surface area contributed by atoms with E-state index in [1.165, 1.54) is 0 Å². The smallest absolute Gasteiger partial charge is 0.323 e. The van der Waals surface area contributed by atoms with Gasteiger partial charge >= 0.3 is 5.97 Å². The molecule has 0 heterocycles. The molecule has 132 valence electrons. The second kappa shape index (κ2) is 8.61. The summed E-state index contributed by atoms with van der Waals surface area (Å²) in [4.78, 5) is 45.9. The van der Waals surface area contributed by atoms with Gasteiger partial charge in [0.05, 0.1) is 19.8 Å². The van der Waals surface area contributed by atoms with Gasteiger partial charge in [-0.15, -0.1) is 0 Å². The molecule has 12 heteroatoms. The number of carbonyl (C=O) groups excluding carboxylic acids is 3. The summed E-state index contributed by atoms with van der Waals surface area (Å²) in [6.07, 6.45) is -4.51. The number of aliphatic hydroxyl groups is 6. The Morgan fingerprint density at radius 2 is 1.43 bits per heavy atom. The Balaban J connectivity index is 5.75. The van der Waals surface area contributed by atoms with Gasteiger partial charge < -0.3 is 35.7 Å². The summed E-state index contributed by atoms with van der Waals surface area (Å²) in [7, 11) is 0. The van der Waals surface area contributed by atoms with Crippen LogP contribution in [0.25, 0.3) is 0 Å². The minimum Gasteiger partial charge on any atom is -0.480 e. The van der Waals surface area contributed by atoms with Crippen LogP contribution in [0.15, 0.2) is 0 Å². The molecule has 0 aromatic carbocycles. The van der Waals surface area contributed by atoms with E-state index in [0.29, 0.717) is 0 Å². The third kappa shape index (κ3) is 4.75. The number of carboxylic acids is 1. The van der Waals surface area contributed by atoms with Crippen LogP contribution < -0.4 is 0 Å². The summed E-state index contributed by atoms with van der Waals surface area (Å²) in [5, 5.41) is 63.3. The lowest BCUT2D eigenvalue weighted by Gasteiger charge is -2.30. The molecule has 3 unspecified atom stereocenters. The monoisotopic (exact) mass is 339 g/mol. The van der Waals surface area contributed by atoms with Gasteiger partial charge in [-0.2, -0.15) is 0 Å². The van der Waals surface area contributed by atoms with Crippen molar-refractivity contribution in [2.75, 3.05) is 26.4 Å². The molecule has 0 aliphatic heterocycles. The molecule has 0 aromatic heterocycles. The van der Waals surface area contributed by atoms with Crippen LogP contribution in [0.5, 0.6) is 0 Å². The molecule has 0 aliphatic carbocycles. The van der Waals surface area contributed by atoms with E-state index in [-0.39, 0.29) is 4.90 Å². The van der Waals surface area contributed by atoms with Crippen molar-refractivity contribution in [1.82, 2.24) is 4.90 Å². The van der Waals surface area contributed by atoms with Crippen molar-refractivity contribution in [2.45, 2.75) is 17.8 Å². The van der Waals surface area contributed by atoms with Crippen LogP contribution in [-0.4, -0.2) is 108 Å². The van der Waals surface area contributed by atoms with E-state index in [4.69, 9.17) is 25.5 Å². The molecule has 0 fully saturated rings. The Hall–Kier alpha value is -1.96. The van der Waals surface area contributed by atoms with Crippen LogP contribution in [0.4, 0.5) is 0 Å². The fraction of sp³-hybridized carbons (Fsp3) is 0.636. The Morgan fingerprint density at radius 1 is 0.957 bits per heavy atom. The number of aliphatic carboxylic acids is 1. The third-order valence-electron chi connectivity index (χ3n) is 2.73. The molecule has 2 amide bonds. The number of nitrogens with zero attached hydrogens (tertiary/aromatic N) is 1. The van der Waals surface area contributed by atoms with E-state index in [1.807, 2.05) is 0 Å². The van der Waals surface area contributed by atoms with Gasteiger partial charge in [-0.1, -0.05) is 0 Å². The van der Waals surface area contributed by atoms with Gasteiger partial charge in [0.2, 0.25) is 11.4 Å². The standard InChI is InChI=1S/C11H17NO11/c13-2-5(16)8(20)11(23,4-15)10(22)12(1-7(18)19)9(21)6(17)3-14/h5-6,13-17,23H,1-4H2,(H,18,19). The first-order chi connectivity index (χ1) is 10.6. The highest BCUT2D eigenvalue weighted by atomic mass is 16.4. The maximum absolute atomic E-state index is 12.1. The number of aliphatic hydroxyl groups excluding tert-OH is 5. The van der Waals surface area contributed by atoms with Gasteiger partial charge in [0, 0.05) is 0 Å². The zero-order chi connectivity index (χ0) is 18.4. The number of carbonyl (C=O) groups is 4. The number of hydrogen-bond acceptors (Lipinski definition) is 10. The van der Waals surface area contributed by atoms with Gasteiger partial charge in [-0.25, -0.2) is 0 Å². The lowest BCUT2D eigenvalue weighted by atomic mass is 9.93. The molecule has 0 aliphatic rings. The molecule has 23 heavy (non-hydrogen) atoms. The van der Waals surface area contributed by atoms with E-state index in [2.05, 4.69) is 0 Å². The van der Waals surface area contributed by atoms with E-state index >= 15 is 0 Å². The predicted octanol–water partition coefficient (Wildman–Crippen LogP) is -5.57. The summed E-state index contributed by atoms with van der Waals surface area (Å²) >= 11 is 0. The Kier molecular flexibility index (Phi) is 7.88. The van der Waals surface area contributed by atoms with Gasteiger partial charge in [0.15, 0.2) is 6.10 Å². The van der Waals surface area contributed by atoms with E-state index in [0.717, 1.165) is 0 Å². The van der Waals surface area contributed by atoms with Crippen molar-refractivity contribution >= 4 is 23.6 Å². The Labute approximate surface area is 128 Å². The molecular formula is C11H17NO11. The topological polar surface area (TPSA) is 213 Å². The summed E-state index contributed by atoms with van der Waals surface area (Å²) in [6.45, 7) is -5.45. The molecule has 3 atom stereocenters. The van der Waals surface area contributed by atoms with Gasteiger partial charge in [0.1, 0.15) is 12.6 Å². The average Bonchev–Trinajstić information content (AvgIpc) is 2.54. The number of ketones is 1. The quantitative estimate of drug-likeness (QED) is 0.197. The zero-order valence-electron chi connectivity index (χ0n) is 11.7. The fourth-order valence-corrected chi connectivity index (χ4v) is 1.48. The van der Waals surface area contributed by atoms with Crippen LogP contribution in [0, 0.1) is 0 Å². The highest BCUT2D eigenvalue weighted by Crippen LogP contribution is 2.14. The molecular weight excluding hydrogens is 322 g/mol. The third-order valence-corrected chi connectivity index (χ3v) is 2.73. The minimum atomic E-state index is -3.43. The number of imide groups is 1. The fourth-order valence-electron chi connectivity index (χ4n) is 1.48. The van der Waals surface area contributed by atoms with Crippen molar-refractivity contribution in [3.05, 3.63) is 0 Å². The minimum absolute atomic E-state index is 0.276. The first-order valence-corrected chi connectivity index (χ1v) is 6.09. The van der Waals surface area contributed by atoms with E-state index in [9.17, 15) is 29.4 Å². The molecule has 0 radical (unpaired) electrons. The predicted molar refractivity (Wildman–Crippen MR) is 67.6 cm³/mol. The largest absolute Gasteiger partial charge is 0.480 e. The summed E-state index contributed by atoms with van der Waals surface area (Å²) < 4.78 is 0. The molecule has 7 N–H and O–H groups in total. The summed E-state index contributed by atoms with van der Waals surface area (Å²) in [5.74, 6) is -7.16. The lowest BCUT2D eigenvalue weighted by molar-refractivity contribution is -0.176. The van der Waals surface area contributed by atoms with Crippen molar-refractivity contribution in [1.29, 1.82) is 0 Å². The van der Waals surface area contributed by atoms with Crippen LogP contribution in [-0.2, 0) is 19.2 Å². The van der Waals surface area contributed by atoms with Gasteiger partial charge in [-0.3, -0.25) is 24.1 Å². The second-order valence-electron chi connectivity index (χ2n) is 4.40. The van der Waals surface area contributed by atoms with Gasteiger partial charge in [-0.05, 0) is 0 Å². The summed E-state index contributed by atoms with van der Waals surface area (Å²) in [5.41, 5.74) is -3.43. The van der Waals surface area contributed by atoms with Crippen LogP contribution in [0.3, 0.4) is 0 Å². The van der Waals surface area contributed by atoms with Crippen molar-refractivity contribution in [2.24, 2.45) is 0 Å². The molecule has 0 saturated heterocycles. The first kappa shape index (κ1) is 21.0. The molecule has 0 saturated carbocycles. The molecule has 12 nitrogen and oxygen atoms in total. The number of hydrogen-bond donors (Lipinski definition) is 7. The second-order valence-corrected chi connectivity index (χ2v) is 4.40. The number of rotatable bonds is 9. The van der Waals surface area contributed by atoms with E-state index < -0.39 is 67.7 Å².